The van der Waals surface area contributed by atoms with Crippen molar-refractivity contribution in [2.75, 3.05) is 4.72 Å². The van der Waals surface area contributed by atoms with E-state index in [1.165, 1.54) is 4.68 Å². The molecule has 0 aliphatic carbocycles. The summed E-state index contributed by atoms with van der Waals surface area (Å²) in [4.78, 5) is 17.2. The number of sulfonamides is 1. The third kappa shape index (κ3) is 2.99. The number of anilines is 1. The Morgan fingerprint density at radius 3 is 2.75 bits per heavy atom. The first kappa shape index (κ1) is 15.7. The molecule has 3 rings (SSSR count). The number of aryl methyl sites for hydroxylation is 1. The average Bonchev–Trinajstić information content (AvgIpc) is 3.15. The van der Waals surface area contributed by atoms with Crippen LogP contribution in [0.15, 0.2) is 47.6 Å². The van der Waals surface area contributed by atoms with Crippen molar-refractivity contribution >= 4 is 21.8 Å². The monoisotopic (exact) mass is 347 g/mol. The summed E-state index contributed by atoms with van der Waals surface area (Å²) in [5.74, 6) is -0.598. The van der Waals surface area contributed by atoms with Crippen molar-refractivity contribution in [1.82, 2.24) is 19.7 Å². The summed E-state index contributed by atoms with van der Waals surface area (Å²) in [6, 6.07) is 7.76. The molecule has 0 saturated carbocycles. The van der Waals surface area contributed by atoms with Crippen molar-refractivity contribution in [3.8, 4) is 5.82 Å². The van der Waals surface area contributed by atoms with Crippen LogP contribution < -0.4 is 4.72 Å². The highest BCUT2D eigenvalue weighted by molar-refractivity contribution is 7.92. The predicted octanol–water partition coefficient (Wildman–Crippen LogP) is 1.40. The van der Waals surface area contributed by atoms with Crippen molar-refractivity contribution in [1.29, 1.82) is 0 Å². The lowest BCUT2D eigenvalue weighted by Gasteiger charge is -2.08. The Hall–Kier alpha value is -3.14. The van der Waals surface area contributed by atoms with Crippen LogP contribution in [0, 0.1) is 6.92 Å². The molecule has 0 atom stereocenters. The largest absolute Gasteiger partial charge is 0.477 e. The van der Waals surface area contributed by atoms with Crippen LogP contribution in [0.2, 0.25) is 0 Å². The van der Waals surface area contributed by atoms with E-state index < -0.39 is 16.0 Å². The maximum Gasteiger partial charge on any atom is 0.352 e. The Morgan fingerprint density at radius 2 is 2.12 bits per heavy atom. The zero-order chi connectivity index (χ0) is 17.3. The number of aromatic nitrogens is 4. The van der Waals surface area contributed by atoms with Crippen molar-refractivity contribution < 1.29 is 18.3 Å². The van der Waals surface area contributed by atoms with Crippen molar-refractivity contribution in [2.45, 2.75) is 11.8 Å². The molecule has 3 heterocycles. The molecule has 24 heavy (non-hydrogen) atoms. The van der Waals surface area contributed by atoms with E-state index in [0.717, 1.165) is 12.3 Å². The number of hydrogen-bond donors (Lipinski definition) is 3. The number of carboxylic acids is 1. The molecule has 0 bridgehead atoms. The maximum atomic E-state index is 12.4. The number of aromatic carboxylic acids is 1. The van der Waals surface area contributed by atoms with Gasteiger partial charge in [-0.15, -0.1) is 0 Å². The molecule has 3 N–H and O–H groups in total. The second kappa shape index (κ2) is 5.81. The molecule has 3 aromatic rings. The molecule has 0 saturated heterocycles. The van der Waals surface area contributed by atoms with Gasteiger partial charge in [-0.25, -0.2) is 18.2 Å². The lowest BCUT2D eigenvalue weighted by molar-refractivity contribution is 0.0691. The van der Waals surface area contributed by atoms with Gasteiger partial charge in [0.2, 0.25) is 0 Å². The Bertz CT molecular complexity index is 991. The van der Waals surface area contributed by atoms with E-state index in [1.54, 1.807) is 37.4 Å². The number of pyridine rings is 1. The number of carbonyl (C=O) groups is 1. The Morgan fingerprint density at radius 1 is 1.33 bits per heavy atom. The van der Waals surface area contributed by atoms with E-state index in [9.17, 15) is 13.2 Å². The van der Waals surface area contributed by atoms with Gasteiger partial charge in [-0.3, -0.25) is 4.72 Å². The van der Waals surface area contributed by atoms with Gasteiger partial charge >= 0.3 is 5.97 Å². The van der Waals surface area contributed by atoms with Gasteiger partial charge in [0.05, 0.1) is 5.69 Å². The van der Waals surface area contributed by atoms with E-state index in [4.69, 9.17) is 5.11 Å². The molecule has 0 radical (unpaired) electrons. The second-order valence-electron chi connectivity index (χ2n) is 4.93. The van der Waals surface area contributed by atoms with Gasteiger partial charge in [0.15, 0.2) is 5.82 Å². The normalized spacial score (nSPS) is 11.4. The van der Waals surface area contributed by atoms with Gasteiger partial charge in [-0.05, 0) is 25.1 Å². The van der Waals surface area contributed by atoms with Gasteiger partial charge in [-0.2, -0.15) is 9.78 Å². The molecule has 0 spiro atoms. The molecule has 0 amide bonds. The molecular formula is C14H13N5O4S. The van der Waals surface area contributed by atoms with Gasteiger partial charge in [0, 0.05) is 18.5 Å². The minimum absolute atomic E-state index is 0.189. The number of nitrogens with zero attached hydrogens (tertiary/aromatic N) is 3. The molecule has 0 aromatic carbocycles. The highest BCUT2D eigenvalue weighted by Crippen LogP contribution is 2.20. The number of hydrogen-bond acceptors (Lipinski definition) is 5. The van der Waals surface area contributed by atoms with E-state index in [1.807, 2.05) is 0 Å². The molecule has 0 aliphatic rings. The zero-order valence-electron chi connectivity index (χ0n) is 12.5. The minimum atomic E-state index is -3.98. The van der Waals surface area contributed by atoms with Crippen LogP contribution in [0.3, 0.4) is 0 Å². The second-order valence-corrected chi connectivity index (χ2v) is 6.61. The van der Waals surface area contributed by atoms with Crippen LogP contribution in [0.4, 0.5) is 5.82 Å². The van der Waals surface area contributed by atoms with Crippen molar-refractivity contribution in [2.24, 2.45) is 0 Å². The van der Waals surface area contributed by atoms with Gasteiger partial charge in [0.25, 0.3) is 10.0 Å². The molecule has 0 unspecified atom stereocenters. The fourth-order valence-electron chi connectivity index (χ4n) is 2.08. The van der Waals surface area contributed by atoms with Crippen LogP contribution in [0.5, 0.6) is 0 Å². The smallest absolute Gasteiger partial charge is 0.352 e. The van der Waals surface area contributed by atoms with E-state index in [0.29, 0.717) is 11.5 Å². The summed E-state index contributed by atoms with van der Waals surface area (Å²) in [6.07, 6.45) is 2.68. The van der Waals surface area contributed by atoms with E-state index in [-0.39, 0.29) is 16.4 Å². The lowest BCUT2D eigenvalue weighted by Crippen LogP contribution is -2.15. The Kier molecular flexibility index (Phi) is 3.81. The number of carboxylic acid groups (broad SMARTS) is 1. The summed E-state index contributed by atoms with van der Waals surface area (Å²) in [5, 5.41) is 13.1. The SMILES string of the molecule is Cc1cc(NS(=O)(=O)c2c[nH]c(C(=O)O)c2)n(-c2ccccn2)n1. The molecule has 10 heteroatoms. The summed E-state index contributed by atoms with van der Waals surface area (Å²) in [7, 11) is -3.98. The van der Waals surface area contributed by atoms with Crippen LogP contribution in [0.25, 0.3) is 5.82 Å². The lowest BCUT2D eigenvalue weighted by atomic mass is 10.4. The predicted molar refractivity (Wildman–Crippen MR) is 84.7 cm³/mol. The fourth-order valence-corrected chi connectivity index (χ4v) is 3.10. The van der Waals surface area contributed by atoms with Crippen molar-refractivity contribution in [3.05, 3.63) is 54.1 Å². The number of rotatable bonds is 5. The summed E-state index contributed by atoms with van der Waals surface area (Å²) in [5.41, 5.74) is 0.378. The number of H-pyrrole nitrogens is 1. The van der Waals surface area contributed by atoms with Gasteiger partial charge in [-0.1, -0.05) is 6.07 Å². The van der Waals surface area contributed by atoms with Crippen LogP contribution in [-0.4, -0.2) is 39.2 Å². The highest BCUT2D eigenvalue weighted by atomic mass is 32.2. The molecule has 0 aliphatic heterocycles. The summed E-state index contributed by atoms with van der Waals surface area (Å²) < 4.78 is 28.6. The summed E-state index contributed by atoms with van der Waals surface area (Å²) in [6.45, 7) is 1.72. The number of nitrogens with one attached hydrogen (secondary N) is 2. The fraction of sp³-hybridized carbons (Fsp3) is 0.0714. The maximum absolute atomic E-state index is 12.4. The number of aromatic amines is 1. The van der Waals surface area contributed by atoms with Crippen LogP contribution >= 0.6 is 0 Å². The van der Waals surface area contributed by atoms with Crippen LogP contribution in [0.1, 0.15) is 16.2 Å². The van der Waals surface area contributed by atoms with Crippen LogP contribution in [-0.2, 0) is 10.0 Å². The minimum Gasteiger partial charge on any atom is -0.477 e. The molecule has 9 nitrogen and oxygen atoms in total. The Balaban J connectivity index is 1.97. The first-order valence-electron chi connectivity index (χ1n) is 6.79. The molecule has 124 valence electrons. The van der Waals surface area contributed by atoms with E-state index >= 15 is 0 Å². The third-order valence-corrected chi connectivity index (χ3v) is 4.47. The van der Waals surface area contributed by atoms with Gasteiger partial charge in [0.1, 0.15) is 16.4 Å². The van der Waals surface area contributed by atoms with Gasteiger partial charge < -0.3 is 10.1 Å². The first-order valence-corrected chi connectivity index (χ1v) is 8.28. The highest BCUT2D eigenvalue weighted by Gasteiger charge is 2.21. The Labute approximate surface area is 137 Å². The first-order chi connectivity index (χ1) is 11.4. The third-order valence-electron chi connectivity index (χ3n) is 3.13. The zero-order valence-corrected chi connectivity index (χ0v) is 13.3. The topological polar surface area (TPSA) is 130 Å². The molecule has 0 fully saturated rings. The summed E-state index contributed by atoms with van der Waals surface area (Å²) >= 11 is 0. The quantitative estimate of drug-likeness (QED) is 0.639. The van der Waals surface area contributed by atoms with Crippen molar-refractivity contribution in [3.63, 3.8) is 0 Å². The average molecular weight is 347 g/mol. The van der Waals surface area contributed by atoms with E-state index in [2.05, 4.69) is 19.8 Å². The standard InChI is InChI=1S/C14H13N5O4S/c1-9-6-13(19(17-9)12-4-2-3-5-15-12)18-24(22,23)10-7-11(14(20)21)16-8-10/h2-8,16,18H,1H3,(H,20,21). The molecular weight excluding hydrogens is 334 g/mol. The molecule has 3 aromatic heterocycles.